The molecule has 0 saturated carbocycles. The largest absolute Gasteiger partial charge is 0.337 e. The number of likely N-dealkylation sites (N-methyl/N-ethyl adjacent to an activating group) is 1. The Balaban J connectivity index is 1.60. The molecule has 134 valence electrons. The first-order valence-corrected chi connectivity index (χ1v) is 8.93. The fraction of sp³-hybridized carbons (Fsp3) is 0.647. The number of rotatable bonds is 3. The lowest BCUT2D eigenvalue weighted by molar-refractivity contribution is 0.0701. The fourth-order valence-corrected chi connectivity index (χ4v) is 3.63. The summed E-state index contributed by atoms with van der Waals surface area (Å²) in [7, 11) is 2.06. The van der Waals surface area contributed by atoms with E-state index in [2.05, 4.69) is 32.3 Å². The Morgan fingerprint density at radius 1 is 1.36 bits per heavy atom. The summed E-state index contributed by atoms with van der Waals surface area (Å²) in [5.41, 5.74) is 2.65. The minimum Gasteiger partial charge on any atom is -0.337 e. The highest BCUT2D eigenvalue weighted by Gasteiger charge is 2.37. The molecule has 2 aromatic rings. The summed E-state index contributed by atoms with van der Waals surface area (Å²) in [6.07, 6.45) is 2.68. The maximum absolute atomic E-state index is 13.1. The number of aromatic amines is 1. The summed E-state index contributed by atoms with van der Waals surface area (Å²) in [6.45, 7) is 6.48. The van der Waals surface area contributed by atoms with Crippen LogP contribution in [0.25, 0.3) is 0 Å². The van der Waals surface area contributed by atoms with Gasteiger partial charge in [0.1, 0.15) is 6.04 Å². The van der Waals surface area contributed by atoms with Gasteiger partial charge in [0.25, 0.3) is 5.91 Å². The molecule has 1 N–H and O–H groups in total. The number of H-pyrrole nitrogens is 1. The highest BCUT2D eigenvalue weighted by molar-refractivity contribution is 5.94. The van der Waals surface area contributed by atoms with Gasteiger partial charge in [-0.3, -0.25) is 9.89 Å². The van der Waals surface area contributed by atoms with Crippen LogP contribution in [0.5, 0.6) is 0 Å². The van der Waals surface area contributed by atoms with E-state index in [1.165, 1.54) is 0 Å². The number of nitrogens with zero attached hydrogens (tertiary/aromatic N) is 5. The van der Waals surface area contributed by atoms with Gasteiger partial charge in [0.2, 0.25) is 5.89 Å². The molecule has 1 unspecified atom stereocenters. The molecule has 4 rings (SSSR count). The predicted molar refractivity (Wildman–Crippen MR) is 90.0 cm³/mol. The van der Waals surface area contributed by atoms with Gasteiger partial charge < -0.3 is 14.3 Å². The SMILES string of the molecule is CC(C)c1noc(C2CCCN2C(=O)c2n[nH]c3c2CN(C)CC3)n1. The van der Waals surface area contributed by atoms with Crippen molar-refractivity contribution in [3.8, 4) is 0 Å². The molecule has 2 aliphatic heterocycles. The Morgan fingerprint density at radius 2 is 2.20 bits per heavy atom. The Kier molecular flexibility index (Phi) is 4.07. The first kappa shape index (κ1) is 16.3. The summed E-state index contributed by atoms with van der Waals surface area (Å²) in [6, 6.07) is -0.152. The van der Waals surface area contributed by atoms with E-state index in [1.54, 1.807) is 0 Å². The van der Waals surface area contributed by atoms with Crippen LogP contribution < -0.4 is 0 Å². The van der Waals surface area contributed by atoms with Crippen molar-refractivity contribution in [2.45, 2.75) is 51.6 Å². The van der Waals surface area contributed by atoms with Crippen LogP contribution in [0.4, 0.5) is 0 Å². The van der Waals surface area contributed by atoms with E-state index < -0.39 is 0 Å². The van der Waals surface area contributed by atoms with E-state index in [4.69, 9.17) is 4.52 Å². The van der Waals surface area contributed by atoms with E-state index in [-0.39, 0.29) is 17.9 Å². The zero-order valence-electron chi connectivity index (χ0n) is 14.9. The smallest absolute Gasteiger partial charge is 0.275 e. The average Bonchev–Trinajstić information content (AvgIpc) is 3.31. The molecule has 0 aliphatic carbocycles. The average molecular weight is 344 g/mol. The number of hydrogen-bond acceptors (Lipinski definition) is 6. The zero-order chi connectivity index (χ0) is 17.6. The molecule has 0 aromatic carbocycles. The minimum atomic E-state index is -0.152. The number of hydrogen-bond donors (Lipinski definition) is 1. The summed E-state index contributed by atoms with van der Waals surface area (Å²) in [5, 5.41) is 11.4. The number of fused-ring (bicyclic) bond motifs is 1. The van der Waals surface area contributed by atoms with E-state index in [0.717, 1.165) is 43.6 Å². The summed E-state index contributed by atoms with van der Waals surface area (Å²) in [4.78, 5) is 21.7. The van der Waals surface area contributed by atoms with Crippen LogP contribution in [-0.4, -0.2) is 56.2 Å². The zero-order valence-corrected chi connectivity index (χ0v) is 14.9. The van der Waals surface area contributed by atoms with Gasteiger partial charge in [-0.1, -0.05) is 19.0 Å². The molecule has 4 heterocycles. The third-order valence-corrected chi connectivity index (χ3v) is 5.10. The van der Waals surface area contributed by atoms with Crippen molar-refractivity contribution in [3.05, 3.63) is 28.7 Å². The van der Waals surface area contributed by atoms with Crippen LogP contribution in [-0.2, 0) is 13.0 Å². The lowest BCUT2D eigenvalue weighted by Gasteiger charge is -2.24. The second-order valence-electron chi connectivity index (χ2n) is 7.32. The number of nitrogens with one attached hydrogen (secondary N) is 1. The second-order valence-corrected chi connectivity index (χ2v) is 7.32. The molecule has 2 aliphatic rings. The van der Waals surface area contributed by atoms with Gasteiger partial charge in [-0.25, -0.2) is 0 Å². The van der Waals surface area contributed by atoms with Crippen LogP contribution in [0.1, 0.15) is 72.1 Å². The Morgan fingerprint density at radius 3 is 2.96 bits per heavy atom. The maximum atomic E-state index is 13.1. The van der Waals surface area contributed by atoms with Gasteiger partial charge in [0, 0.05) is 43.2 Å². The van der Waals surface area contributed by atoms with Gasteiger partial charge in [-0.2, -0.15) is 10.1 Å². The van der Waals surface area contributed by atoms with Crippen molar-refractivity contribution in [1.82, 2.24) is 30.1 Å². The second kappa shape index (κ2) is 6.25. The van der Waals surface area contributed by atoms with Crippen LogP contribution in [0.2, 0.25) is 0 Å². The molecule has 0 bridgehead atoms. The van der Waals surface area contributed by atoms with Gasteiger partial charge in [0.05, 0.1) is 0 Å². The number of likely N-dealkylation sites (tertiary alicyclic amines) is 1. The van der Waals surface area contributed by atoms with Crippen LogP contribution in [0.15, 0.2) is 4.52 Å². The van der Waals surface area contributed by atoms with Crippen molar-refractivity contribution in [1.29, 1.82) is 0 Å². The third-order valence-electron chi connectivity index (χ3n) is 5.10. The monoisotopic (exact) mass is 344 g/mol. The molecular weight excluding hydrogens is 320 g/mol. The lowest BCUT2D eigenvalue weighted by atomic mass is 10.1. The standard InChI is InChI=1S/C17H24N6O2/c1-10(2)15-18-16(25-21-15)13-5-4-7-23(13)17(24)14-11-9-22(3)8-6-12(11)19-20-14/h10,13H,4-9H2,1-3H3,(H,19,20). The summed E-state index contributed by atoms with van der Waals surface area (Å²) >= 11 is 0. The number of aromatic nitrogens is 4. The van der Waals surface area contributed by atoms with Gasteiger partial charge in [0.15, 0.2) is 11.5 Å². The first-order valence-electron chi connectivity index (χ1n) is 8.93. The Bertz CT molecular complexity index is 780. The molecule has 8 heteroatoms. The Hall–Kier alpha value is -2.22. The summed E-state index contributed by atoms with van der Waals surface area (Å²) < 4.78 is 5.45. The normalized spacial score (nSPS) is 21.1. The van der Waals surface area contributed by atoms with Gasteiger partial charge in [-0.05, 0) is 19.9 Å². The van der Waals surface area contributed by atoms with E-state index in [1.807, 2.05) is 18.7 Å². The third kappa shape index (κ3) is 2.84. The summed E-state index contributed by atoms with van der Waals surface area (Å²) in [5.74, 6) is 1.39. The molecule has 1 saturated heterocycles. The van der Waals surface area contributed by atoms with E-state index in [0.29, 0.717) is 24.0 Å². The molecule has 1 atom stereocenters. The number of carbonyl (C=O) groups excluding carboxylic acids is 1. The Labute approximate surface area is 146 Å². The highest BCUT2D eigenvalue weighted by atomic mass is 16.5. The van der Waals surface area contributed by atoms with E-state index in [9.17, 15) is 4.79 Å². The molecule has 0 radical (unpaired) electrons. The lowest BCUT2D eigenvalue weighted by Crippen LogP contribution is -2.33. The molecule has 0 spiro atoms. The van der Waals surface area contributed by atoms with Gasteiger partial charge >= 0.3 is 0 Å². The van der Waals surface area contributed by atoms with Crippen LogP contribution >= 0.6 is 0 Å². The molecule has 8 nitrogen and oxygen atoms in total. The first-order chi connectivity index (χ1) is 12.0. The van der Waals surface area contributed by atoms with Crippen molar-refractivity contribution in [2.75, 3.05) is 20.1 Å². The molecule has 1 amide bonds. The van der Waals surface area contributed by atoms with Crippen LogP contribution in [0.3, 0.4) is 0 Å². The topological polar surface area (TPSA) is 91.2 Å². The molecule has 1 fully saturated rings. The van der Waals surface area contributed by atoms with E-state index >= 15 is 0 Å². The fourth-order valence-electron chi connectivity index (χ4n) is 3.63. The highest BCUT2D eigenvalue weighted by Crippen LogP contribution is 2.33. The quantitative estimate of drug-likeness (QED) is 0.914. The molecular formula is C17H24N6O2. The number of amides is 1. The van der Waals surface area contributed by atoms with Crippen molar-refractivity contribution in [2.24, 2.45) is 0 Å². The minimum absolute atomic E-state index is 0.0420. The molecule has 25 heavy (non-hydrogen) atoms. The molecule has 2 aromatic heterocycles. The maximum Gasteiger partial charge on any atom is 0.275 e. The predicted octanol–water partition coefficient (Wildman–Crippen LogP) is 1.88. The number of carbonyl (C=O) groups is 1. The van der Waals surface area contributed by atoms with Crippen molar-refractivity contribution < 1.29 is 9.32 Å². The van der Waals surface area contributed by atoms with Crippen molar-refractivity contribution >= 4 is 5.91 Å². The van der Waals surface area contributed by atoms with Crippen LogP contribution in [0, 0.1) is 0 Å². The van der Waals surface area contributed by atoms with Crippen molar-refractivity contribution in [3.63, 3.8) is 0 Å². The van der Waals surface area contributed by atoms with Gasteiger partial charge in [-0.15, -0.1) is 0 Å².